The maximum atomic E-state index is 14.4. The van der Waals surface area contributed by atoms with Gasteiger partial charge in [-0.15, -0.1) is 0 Å². The van der Waals surface area contributed by atoms with Gasteiger partial charge < -0.3 is 10.2 Å². The fourth-order valence-corrected chi connectivity index (χ4v) is 3.63. The van der Waals surface area contributed by atoms with Crippen LogP contribution < -0.4 is 0 Å². The van der Waals surface area contributed by atoms with Crippen molar-refractivity contribution in [3.05, 3.63) is 0 Å². The molecule has 2 rings (SSSR count). The van der Waals surface area contributed by atoms with E-state index in [9.17, 15) is 57.8 Å². The van der Waals surface area contributed by atoms with E-state index in [0.29, 0.717) is 0 Å². The first kappa shape index (κ1) is 21.4. The predicted molar refractivity (Wildman–Crippen MR) is 57.9 cm³/mol. The molecule has 2 bridgehead atoms. The van der Waals surface area contributed by atoms with Gasteiger partial charge in [-0.1, -0.05) is 0 Å². The van der Waals surface area contributed by atoms with E-state index in [1.54, 1.807) is 0 Å². The van der Waals surface area contributed by atoms with Crippen LogP contribution in [0.5, 0.6) is 0 Å². The lowest BCUT2D eigenvalue weighted by molar-refractivity contribution is -0.573. The molecule has 0 heterocycles. The van der Waals surface area contributed by atoms with E-state index in [-0.39, 0.29) is 0 Å². The summed E-state index contributed by atoms with van der Waals surface area (Å²) < 4.78 is 169. The summed E-state index contributed by atoms with van der Waals surface area (Å²) in [6.45, 7) is -4.74. The molecule has 0 radical (unpaired) electrons. The van der Waals surface area contributed by atoms with Crippen molar-refractivity contribution in [1.82, 2.24) is 0 Å². The average Bonchev–Trinajstić information content (AvgIpc) is 2.48. The van der Waals surface area contributed by atoms with Crippen molar-refractivity contribution < 1.29 is 62.9 Å². The molecule has 154 valence electrons. The first-order chi connectivity index (χ1) is 11.1. The Hall–Kier alpha value is -0.920. The van der Waals surface area contributed by atoms with Crippen LogP contribution in [0, 0.1) is 10.8 Å². The lowest BCUT2D eigenvalue weighted by Gasteiger charge is -2.69. The van der Waals surface area contributed by atoms with Crippen LogP contribution in [0.15, 0.2) is 0 Å². The third-order valence-corrected chi connectivity index (χ3v) is 5.73. The quantitative estimate of drug-likeness (QED) is 0.645. The van der Waals surface area contributed by atoms with Crippen LogP contribution in [-0.4, -0.2) is 58.0 Å². The zero-order valence-corrected chi connectivity index (χ0v) is 12.6. The third-order valence-electron chi connectivity index (χ3n) is 5.73. The van der Waals surface area contributed by atoms with Gasteiger partial charge in [-0.25, -0.2) is 26.3 Å². The summed E-state index contributed by atoms with van der Waals surface area (Å²) in [6.07, 6.45) is 0. The molecule has 0 aliphatic heterocycles. The van der Waals surface area contributed by atoms with Crippen LogP contribution in [0.1, 0.15) is 13.8 Å². The maximum absolute atomic E-state index is 14.4. The highest BCUT2D eigenvalue weighted by molar-refractivity contribution is 5.39. The topological polar surface area (TPSA) is 40.5 Å². The van der Waals surface area contributed by atoms with Gasteiger partial charge in [0.1, 0.15) is 12.1 Å². The first-order valence-corrected chi connectivity index (χ1v) is 6.65. The van der Waals surface area contributed by atoms with E-state index < -0.39 is 72.4 Å². The number of alkyl halides is 12. The largest absolute Gasteiger partial charge is 0.373 e. The summed E-state index contributed by atoms with van der Waals surface area (Å²) in [6, 6.07) is 0. The van der Waals surface area contributed by atoms with Crippen molar-refractivity contribution in [3.8, 4) is 0 Å². The van der Waals surface area contributed by atoms with Crippen molar-refractivity contribution in [2.24, 2.45) is 10.8 Å². The highest BCUT2D eigenvalue weighted by Gasteiger charge is 3.09. The van der Waals surface area contributed by atoms with Crippen molar-refractivity contribution >= 4 is 0 Å². The summed E-state index contributed by atoms with van der Waals surface area (Å²) in [5, 5.41) is 18.2. The van der Waals surface area contributed by atoms with Gasteiger partial charge in [0, 0.05) is 0 Å². The molecule has 26 heavy (non-hydrogen) atoms. The number of halogens is 12. The molecule has 0 amide bonds. The summed E-state index contributed by atoms with van der Waals surface area (Å²) in [5.74, 6) is -40.3. The van der Waals surface area contributed by atoms with Crippen molar-refractivity contribution in [2.45, 2.75) is 54.9 Å². The predicted octanol–water partition coefficient (Wildman–Crippen LogP) is 3.56. The summed E-state index contributed by atoms with van der Waals surface area (Å²) in [4.78, 5) is 0. The van der Waals surface area contributed by atoms with E-state index in [0.717, 1.165) is 0 Å². The van der Waals surface area contributed by atoms with Gasteiger partial charge in [0.05, 0.1) is 0 Å². The molecule has 4 atom stereocenters. The Morgan fingerprint density at radius 3 is 1.31 bits per heavy atom. The lowest BCUT2D eigenvalue weighted by Crippen LogP contribution is -2.97. The van der Waals surface area contributed by atoms with Gasteiger partial charge >= 0.3 is 29.5 Å². The molecule has 2 nitrogen and oxygen atoms in total. The molecule has 0 saturated heterocycles. The second-order valence-corrected chi connectivity index (χ2v) is 6.80. The molecule has 0 aromatic rings. The first-order valence-electron chi connectivity index (χ1n) is 6.65. The van der Waals surface area contributed by atoms with Gasteiger partial charge in [0.2, 0.25) is 0 Å². The highest BCUT2D eigenvalue weighted by atomic mass is 19.3. The van der Waals surface area contributed by atoms with Crippen LogP contribution in [0.25, 0.3) is 0 Å². The van der Waals surface area contributed by atoms with Crippen molar-refractivity contribution in [3.63, 3.8) is 0 Å². The fraction of sp³-hybridized carbons (Fsp3) is 1.00. The minimum absolute atomic E-state index is 0.625. The van der Waals surface area contributed by atoms with Gasteiger partial charge in [-0.2, -0.15) is 22.0 Å². The van der Waals surface area contributed by atoms with Crippen LogP contribution in [-0.2, 0) is 0 Å². The highest BCUT2D eigenvalue weighted by Crippen LogP contribution is 2.82. The Labute approximate surface area is 136 Å². The molecular formula is C12H10F12O2. The maximum Gasteiger partial charge on any atom is 0.351 e. The average molecular weight is 414 g/mol. The second kappa shape index (κ2) is 4.39. The molecule has 0 aromatic carbocycles. The number of hydrogen-bond donors (Lipinski definition) is 2. The molecule has 2 aliphatic rings. The van der Waals surface area contributed by atoms with E-state index in [1.165, 1.54) is 0 Å². The van der Waals surface area contributed by atoms with Gasteiger partial charge in [0.25, 0.3) is 11.5 Å². The van der Waals surface area contributed by atoms with Crippen molar-refractivity contribution in [1.29, 1.82) is 0 Å². The van der Waals surface area contributed by atoms with E-state index in [2.05, 4.69) is 0 Å². The molecule has 2 saturated carbocycles. The lowest BCUT2D eigenvalue weighted by atomic mass is 9.43. The molecule has 2 aliphatic carbocycles. The van der Waals surface area contributed by atoms with Gasteiger partial charge in [-0.05, 0) is 13.8 Å². The molecule has 0 spiro atoms. The SMILES string of the molecule is CC1(CF)C(F)(F)C2(C)C(F)(F)C(O)(F)C(F)(F)C(O)(C1(F)F)C2(F)F. The molecule has 0 aromatic heterocycles. The monoisotopic (exact) mass is 414 g/mol. The minimum atomic E-state index is -7.09. The van der Waals surface area contributed by atoms with Crippen LogP contribution in [0.3, 0.4) is 0 Å². The Kier molecular flexibility index (Phi) is 3.61. The second-order valence-electron chi connectivity index (χ2n) is 6.80. The van der Waals surface area contributed by atoms with Crippen LogP contribution >= 0.6 is 0 Å². The van der Waals surface area contributed by atoms with Crippen molar-refractivity contribution in [2.75, 3.05) is 6.67 Å². The zero-order chi connectivity index (χ0) is 21.2. The summed E-state index contributed by atoms with van der Waals surface area (Å²) in [5.41, 5.74) is -17.5. The molecule has 2 N–H and O–H groups in total. The van der Waals surface area contributed by atoms with Gasteiger partial charge in [0.15, 0.2) is 5.41 Å². The molecule has 2 fully saturated rings. The molecule has 4 unspecified atom stereocenters. The third kappa shape index (κ3) is 1.33. The van der Waals surface area contributed by atoms with E-state index in [4.69, 9.17) is 5.11 Å². The Morgan fingerprint density at radius 2 is 0.962 bits per heavy atom. The standard InChI is InChI=1S/C12H10F12O2/c1-4(3-13)7(14,15)5(2)9(18,19)6(25,8(4,16)17)11(22,23)12(24,26)10(5,20)21/h25-26H,3H2,1-2H3. The normalized spacial score (nSPS) is 50.3. The zero-order valence-electron chi connectivity index (χ0n) is 12.6. The smallest absolute Gasteiger partial charge is 0.351 e. The molecule has 14 heteroatoms. The van der Waals surface area contributed by atoms with Crippen LogP contribution in [0.2, 0.25) is 0 Å². The number of fused-ring (bicyclic) bond motifs is 2. The Bertz CT molecular complexity index is 598. The summed E-state index contributed by atoms with van der Waals surface area (Å²) in [7, 11) is 0. The fourth-order valence-electron chi connectivity index (χ4n) is 3.63. The number of rotatable bonds is 1. The van der Waals surface area contributed by atoms with E-state index >= 15 is 0 Å². The van der Waals surface area contributed by atoms with E-state index in [1.807, 2.05) is 0 Å². The Balaban J connectivity index is 3.20. The Morgan fingerprint density at radius 1 is 0.577 bits per heavy atom. The minimum Gasteiger partial charge on any atom is -0.373 e. The van der Waals surface area contributed by atoms with Crippen LogP contribution in [0.4, 0.5) is 52.7 Å². The summed E-state index contributed by atoms with van der Waals surface area (Å²) >= 11 is 0. The molecular weight excluding hydrogens is 404 g/mol. The number of aliphatic hydroxyl groups is 2. The number of hydrogen-bond acceptors (Lipinski definition) is 2. The van der Waals surface area contributed by atoms with Gasteiger partial charge in [-0.3, -0.25) is 4.39 Å².